The molecule has 19 heavy (non-hydrogen) atoms. The standard InChI is InChI=1S/C12H12N2O3S2/c1-17-11(15)10(6-13)12(18-2)19-8-9-4-3-5-14(16)7-9/h3-5,7H,8H2,1-2H3. The summed E-state index contributed by atoms with van der Waals surface area (Å²) in [6.07, 6.45) is 4.63. The highest BCUT2D eigenvalue weighted by atomic mass is 32.2. The van der Waals surface area contributed by atoms with Crippen LogP contribution in [0, 0.1) is 16.5 Å². The number of nitrogens with zero attached hydrogens (tertiary/aromatic N) is 2. The number of nitriles is 1. The number of carbonyl (C=O) groups is 1. The molecule has 1 aromatic rings. The number of methoxy groups -OCH3 is 1. The maximum absolute atomic E-state index is 11.4. The molecule has 0 atom stereocenters. The first kappa shape index (κ1) is 15.4. The number of rotatable bonds is 5. The van der Waals surface area contributed by atoms with Gasteiger partial charge in [-0.25, -0.2) is 4.79 Å². The van der Waals surface area contributed by atoms with Crippen molar-refractivity contribution in [2.45, 2.75) is 5.75 Å². The van der Waals surface area contributed by atoms with E-state index < -0.39 is 5.97 Å². The molecule has 0 N–H and O–H groups in total. The van der Waals surface area contributed by atoms with Gasteiger partial charge >= 0.3 is 5.97 Å². The highest BCUT2D eigenvalue weighted by Crippen LogP contribution is 2.32. The van der Waals surface area contributed by atoms with Gasteiger partial charge in [-0.1, -0.05) is 0 Å². The van der Waals surface area contributed by atoms with E-state index in [9.17, 15) is 10.0 Å². The summed E-state index contributed by atoms with van der Waals surface area (Å²) < 4.78 is 5.85. The van der Waals surface area contributed by atoms with Crippen LogP contribution in [-0.2, 0) is 15.3 Å². The number of hydrogen-bond acceptors (Lipinski definition) is 6. The van der Waals surface area contributed by atoms with Crippen LogP contribution >= 0.6 is 23.5 Å². The zero-order valence-corrected chi connectivity index (χ0v) is 12.1. The smallest absolute Gasteiger partial charge is 0.350 e. The van der Waals surface area contributed by atoms with Gasteiger partial charge in [0.2, 0.25) is 0 Å². The van der Waals surface area contributed by atoms with Gasteiger partial charge in [-0.3, -0.25) is 0 Å². The highest BCUT2D eigenvalue weighted by molar-refractivity contribution is 8.21. The molecule has 0 aliphatic heterocycles. The first-order valence-electron chi connectivity index (χ1n) is 5.19. The van der Waals surface area contributed by atoms with E-state index in [1.807, 2.05) is 12.1 Å². The molecule has 0 fully saturated rings. The maximum Gasteiger partial charge on any atom is 0.350 e. The van der Waals surface area contributed by atoms with E-state index in [1.165, 1.54) is 43.0 Å². The van der Waals surface area contributed by atoms with Crippen LogP contribution in [0.3, 0.4) is 0 Å². The minimum atomic E-state index is -0.647. The van der Waals surface area contributed by atoms with E-state index in [0.717, 1.165) is 5.56 Å². The third kappa shape index (κ3) is 4.50. The van der Waals surface area contributed by atoms with Crippen molar-refractivity contribution in [3.8, 4) is 6.07 Å². The zero-order valence-electron chi connectivity index (χ0n) is 10.5. The average Bonchev–Trinajstić information content (AvgIpc) is 2.42. The summed E-state index contributed by atoms with van der Waals surface area (Å²) in [7, 11) is 1.24. The molecule has 0 unspecified atom stereocenters. The number of esters is 1. The second-order valence-corrected chi connectivity index (χ2v) is 5.39. The van der Waals surface area contributed by atoms with Crippen LogP contribution in [0.2, 0.25) is 0 Å². The lowest BCUT2D eigenvalue weighted by Crippen LogP contribution is -2.24. The Morgan fingerprint density at radius 2 is 2.37 bits per heavy atom. The van der Waals surface area contributed by atoms with Crippen molar-refractivity contribution in [2.75, 3.05) is 13.4 Å². The normalized spacial score (nSPS) is 11.4. The van der Waals surface area contributed by atoms with Crippen molar-refractivity contribution >= 4 is 29.5 Å². The lowest BCUT2D eigenvalue weighted by Gasteiger charge is -2.06. The maximum atomic E-state index is 11.4. The van der Waals surface area contributed by atoms with Crippen molar-refractivity contribution in [3.05, 3.63) is 45.1 Å². The summed E-state index contributed by atoms with van der Waals surface area (Å²) in [5, 5.41) is 20.1. The molecule has 0 spiro atoms. The Kier molecular flexibility index (Phi) is 6.25. The number of thioether (sulfide) groups is 2. The Labute approximate surface area is 119 Å². The van der Waals surface area contributed by atoms with E-state index in [0.29, 0.717) is 14.7 Å². The van der Waals surface area contributed by atoms with Crippen LogP contribution in [0.4, 0.5) is 0 Å². The van der Waals surface area contributed by atoms with Crippen molar-refractivity contribution in [2.24, 2.45) is 0 Å². The van der Waals surface area contributed by atoms with E-state index in [1.54, 1.807) is 12.3 Å². The van der Waals surface area contributed by atoms with Crippen molar-refractivity contribution in [3.63, 3.8) is 0 Å². The summed E-state index contributed by atoms with van der Waals surface area (Å²) >= 11 is 2.63. The first-order chi connectivity index (χ1) is 9.12. The molecule has 1 aromatic heterocycles. The Morgan fingerprint density at radius 3 is 2.89 bits per heavy atom. The van der Waals surface area contributed by atoms with Crippen LogP contribution in [0.1, 0.15) is 5.56 Å². The molecule has 7 heteroatoms. The molecular weight excluding hydrogens is 284 g/mol. The lowest BCUT2D eigenvalue weighted by atomic mass is 10.3. The Balaban J connectivity index is 2.85. The fourth-order valence-electron chi connectivity index (χ4n) is 1.25. The van der Waals surface area contributed by atoms with E-state index in [-0.39, 0.29) is 5.57 Å². The summed E-state index contributed by atoms with van der Waals surface area (Å²) in [4.78, 5) is 11.4. The third-order valence-electron chi connectivity index (χ3n) is 2.10. The predicted octanol–water partition coefficient (Wildman–Crippen LogP) is 1.82. The van der Waals surface area contributed by atoms with Crippen LogP contribution < -0.4 is 4.73 Å². The molecule has 0 aliphatic carbocycles. The molecule has 0 aliphatic rings. The van der Waals surface area contributed by atoms with Gasteiger partial charge in [0, 0.05) is 17.4 Å². The van der Waals surface area contributed by atoms with Gasteiger partial charge < -0.3 is 9.94 Å². The SMILES string of the molecule is COC(=O)C(C#N)=C(SC)SCc1ccc[n+]([O-])c1. The fraction of sp³-hybridized carbons (Fsp3) is 0.250. The van der Waals surface area contributed by atoms with Crippen LogP contribution in [0.5, 0.6) is 0 Å². The van der Waals surface area contributed by atoms with E-state index in [2.05, 4.69) is 4.74 Å². The third-order valence-corrected chi connectivity index (χ3v) is 4.47. The molecule has 0 saturated heterocycles. The van der Waals surface area contributed by atoms with Crippen LogP contribution in [0.25, 0.3) is 0 Å². The first-order valence-corrected chi connectivity index (χ1v) is 7.40. The second kappa shape index (κ2) is 7.71. The van der Waals surface area contributed by atoms with Crippen LogP contribution in [-0.4, -0.2) is 19.3 Å². The van der Waals surface area contributed by atoms with Gasteiger partial charge in [0.15, 0.2) is 18.0 Å². The topological polar surface area (TPSA) is 77.0 Å². The molecule has 100 valence electrons. The number of pyridine rings is 1. The average molecular weight is 296 g/mol. The summed E-state index contributed by atoms with van der Waals surface area (Å²) in [6.45, 7) is 0. The summed E-state index contributed by atoms with van der Waals surface area (Å²) in [5.74, 6) is -0.146. The minimum Gasteiger partial charge on any atom is -0.619 e. The van der Waals surface area contributed by atoms with Gasteiger partial charge in [-0.05, 0) is 12.3 Å². The Morgan fingerprint density at radius 1 is 1.63 bits per heavy atom. The molecule has 1 heterocycles. The van der Waals surface area contributed by atoms with E-state index in [4.69, 9.17) is 5.26 Å². The number of ether oxygens (including phenoxy) is 1. The van der Waals surface area contributed by atoms with Crippen molar-refractivity contribution in [1.82, 2.24) is 0 Å². The molecule has 5 nitrogen and oxygen atoms in total. The molecule has 0 aromatic carbocycles. The minimum absolute atomic E-state index is 0.00840. The number of aromatic nitrogens is 1. The highest BCUT2D eigenvalue weighted by Gasteiger charge is 2.16. The van der Waals surface area contributed by atoms with E-state index >= 15 is 0 Å². The molecule has 0 radical (unpaired) electrons. The molecule has 0 saturated carbocycles. The van der Waals surface area contributed by atoms with Gasteiger partial charge in [0.25, 0.3) is 0 Å². The summed E-state index contributed by atoms with van der Waals surface area (Å²) in [5.41, 5.74) is 0.808. The van der Waals surface area contributed by atoms with Gasteiger partial charge in [-0.15, -0.1) is 23.5 Å². The summed E-state index contributed by atoms with van der Waals surface area (Å²) in [6, 6.07) is 5.31. The zero-order chi connectivity index (χ0) is 14.3. The fourth-order valence-corrected chi connectivity index (χ4v) is 2.97. The Bertz CT molecular complexity index is 538. The number of carbonyl (C=O) groups excluding carboxylic acids is 1. The largest absolute Gasteiger partial charge is 0.619 e. The molecule has 0 amide bonds. The predicted molar refractivity (Wildman–Crippen MR) is 74.9 cm³/mol. The van der Waals surface area contributed by atoms with Gasteiger partial charge in [0.05, 0.1) is 11.3 Å². The molecule has 1 rings (SSSR count). The monoisotopic (exact) mass is 296 g/mol. The van der Waals surface area contributed by atoms with Gasteiger partial charge in [-0.2, -0.15) is 9.99 Å². The molecule has 0 bridgehead atoms. The Hall–Kier alpha value is -1.65. The van der Waals surface area contributed by atoms with Gasteiger partial charge in [0.1, 0.15) is 6.07 Å². The van der Waals surface area contributed by atoms with Crippen molar-refractivity contribution in [1.29, 1.82) is 5.26 Å². The quantitative estimate of drug-likeness (QED) is 0.271. The molecular formula is C12H12N2O3S2. The number of hydrogen-bond donors (Lipinski definition) is 0. The lowest BCUT2D eigenvalue weighted by molar-refractivity contribution is -0.605. The van der Waals surface area contributed by atoms with Crippen LogP contribution in [0.15, 0.2) is 34.3 Å². The second-order valence-electron chi connectivity index (χ2n) is 3.33. The van der Waals surface area contributed by atoms with Crippen molar-refractivity contribution < 1.29 is 14.3 Å².